The summed E-state index contributed by atoms with van der Waals surface area (Å²) >= 11 is 1.67. The fraction of sp³-hybridized carbons (Fsp3) is 0.263. The van der Waals surface area contributed by atoms with Crippen LogP contribution in [-0.4, -0.2) is 21.9 Å². The van der Waals surface area contributed by atoms with Crippen molar-refractivity contribution in [2.24, 2.45) is 0 Å². The summed E-state index contributed by atoms with van der Waals surface area (Å²) < 4.78 is 1.88. The van der Waals surface area contributed by atoms with E-state index in [0.29, 0.717) is 5.39 Å². The molecule has 122 valence electrons. The molecule has 24 heavy (non-hydrogen) atoms. The molecule has 1 aliphatic rings. The molecule has 0 spiro atoms. The minimum atomic E-state index is -0.00776. The highest BCUT2D eigenvalue weighted by molar-refractivity contribution is 7.08. The minimum Gasteiger partial charge on any atom is -0.338 e. The molecular formula is C19H18N2O2S. The van der Waals surface area contributed by atoms with Gasteiger partial charge >= 0.3 is 0 Å². The van der Waals surface area contributed by atoms with Crippen LogP contribution in [0.3, 0.4) is 0 Å². The molecular weight excluding hydrogens is 320 g/mol. The third-order valence-corrected chi connectivity index (χ3v) is 5.39. The Balaban J connectivity index is 1.63. The normalized spacial score (nSPS) is 17.5. The molecule has 2 aromatic heterocycles. The SMILES string of the molecule is O=C(Cn1ccc(=O)c2ccccc21)N1CCCC1c1ccsc1. The van der Waals surface area contributed by atoms with Gasteiger partial charge in [-0.25, -0.2) is 0 Å². The Labute approximate surface area is 144 Å². The van der Waals surface area contributed by atoms with E-state index in [1.54, 1.807) is 17.5 Å². The Hall–Kier alpha value is -2.40. The second kappa shape index (κ2) is 6.24. The number of hydrogen-bond donors (Lipinski definition) is 0. The highest BCUT2D eigenvalue weighted by Crippen LogP contribution is 2.33. The van der Waals surface area contributed by atoms with Gasteiger partial charge in [0.2, 0.25) is 5.91 Å². The van der Waals surface area contributed by atoms with Crippen molar-refractivity contribution < 1.29 is 4.79 Å². The quantitative estimate of drug-likeness (QED) is 0.734. The first-order chi connectivity index (χ1) is 11.7. The molecule has 5 heteroatoms. The maximum atomic E-state index is 12.9. The van der Waals surface area contributed by atoms with E-state index < -0.39 is 0 Å². The third kappa shape index (κ3) is 2.65. The maximum Gasteiger partial charge on any atom is 0.243 e. The Morgan fingerprint density at radius 1 is 1.21 bits per heavy atom. The molecule has 0 N–H and O–H groups in total. The van der Waals surface area contributed by atoms with Crippen molar-refractivity contribution in [3.63, 3.8) is 0 Å². The van der Waals surface area contributed by atoms with Crippen LogP contribution < -0.4 is 5.43 Å². The van der Waals surface area contributed by atoms with Gasteiger partial charge < -0.3 is 9.47 Å². The van der Waals surface area contributed by atoms with E-state index in [2.05, 4.69) is 16.8 Å². The Kier molecular flexibility index (Phi) is 3.94. The number of para-hydroxylation sites is 1. The molecule has 1 aliphatic heterocycles. The van der Waals surface area contributed by atoms with Crippen LogP contribution in [-0.2, 0) is 11.3 Å². The van der Waals surface area contributed by atoms with Gasteiger partial charge in [0.25, 0.3) is 0 Å². The average molecular weight is 338 g/mol. The number of fused-ring (bicyclic) bond motifs is 1. The molecule has 0 saturated carbocycles. The predicted molar refractivity (Wildman–Crippen MR) is 96.2 cm³/mol. The van der Waals surface area contributed by atoms with Crippen molar-refractivity contribution in [2.45, 2.75) is 25.4 Å². The van der Waals surface area contributed by atoms with Crippen LogP contribution in [0.1, 0.15) is 24.4 Å². The van der Waals surface area contributed by atoms with E-state index in [9.17, 15) is 9.59 Å². The molecule has 1 saturated heterocycles. The molecule has 4 rings (SSSR count). The van der Waals surface area contributed by atoms with Crippen molar-refractivity contribution in [3.05, 3.63) is 69.1 Å². The Morgan fingerprint density at radius 2 is 2.08 bits per heavy atom. The molecule has 1 atom stereocenters. The summed E-state index contributed by atoms with van der Waals surface area (Å²) in [6.45, 7) is 1.07. The topological polar surface area (TPSA) is 42.3 Å². The van der Waals surface area contributed by atoms with Gasteiger partial charge in [0.15, 0.2) is 5.43 Å². The monoisotopic (exact) mass is 338 g/mol. The zero-order chi connectivity index (χ0) is 16.5. The lowest BCUT2D eigenvalue weighted by Gasteiger charge is -2.25. The maximum absolute atomic E-state index is 12.9. The third-order valence-electron chi connectivity index (χ3n) is 4.69. The summed E-state index contributed by atoms with van der Waals surface area (Å²) in [5, 5.41) is 4.85. The first-order valence-corrected chi connectivity index (χ1v) is 9.08. The Morgan fingerprint density at radius 3 is 2.92 bits per heavy atom. The molecule has 1 amide bonds. The number of benzene rings is 1. The Bertz CT molecular complexity index is 930. The second-order valence-electron chi connectivity index (χ2n) is 6.13. The largest absolute Gasteiger partial charge is 0.338 e. The highest BCUT2D eigenvalue weighted by atomic mass is 32.1. The minimum absolute atomic E-state index is 0.00776. The molecule has 1 aromatic carbocycles. The van der Waals surface area contributed by atoms with Crippen molar-refractivity contribution in [1.29, 1.82) is 0 Å². The van der Waals surface area contributed by atoms with Crippen molar-refractivity contribution in [1.82, 2.24) is 9.47 Å². The molecule has 3 heterocycles. The lowest BCUT2D eigenvalue weighted by molar-refractivity contribution is -0.132. The number of amides is 1. The van der Waals surface area contributed by atoms with Gasteiger partial charge in [0.1, 0.15) is 6.54 Å². The summed E-state index contributed by atoms with van der Waals surface area (Å²) in [5.74, 6) is 0.109. The second-order valence-corrected chi connectivity index (χ2v) is 6.91. The van der Waals surface area contributed by atoms with Crippen molar-refractivity contribution >= 4 is 28.1 Å². The van der Waals surface area contributed by atoms with Crippen molar-refractivity contribution in [2.75, 3.05) is 6.54 Å². The zero-order valence-electron chi connectivity index (χ0n) is 13.2. The fourth-order valence-corrected chi connectivity index (χ4v) is 4.22. The van der Waals surface area contributed by atoms with E-state index in [1.807, 2.05) is 33.7 Å². The molecule has 1 fully saturated rings. The van der Waals surface area contributed by atoms with Gasteiger partial charge in [0.05, 0.1) is 11.6 Å². The van der Waals surface area contributed by atoms with Gasteiger partial charge in [-0.05, 0) is 47.4 Å². The zero-order valence-corrected chi connectivity index (χ0v) is 14.0. The molecule has 0 radical (unpaired) electrons. The van der Waals surface area contributed by atoms with E-state index in [4.69, 9.17) is 0 Å². The summed E-state index contributed by atoms with van der Waals surface area (Å²) in [7, 11) is 0. The van der Waals surface area contributed by atoms with Crippen LogP contribution >= 0.6 is 11.3 Å². The van der Waals surface area contributed by atoms with Crippen LogP contribution in [0, 0.1) is 0 Å². The molecule has 0 bridgehead atoms. The first-order valence-electron chi connectivity index (χ1n) is 8.14. The number of rotatable bonds is 3. The van der Waals surface area contributed by atoms with E-state index in [-0.39, 0.29) is 23.9 Å². The number of likely N-dealkylation sites (tertiary alicyclic amines) is 1. The molecule has 1 unspecified atom stereocenters. The molecule has 3 aromatic rings. The molecule has 4 nitrogen and oxygen atoms in total. The predicted octanol–water partition coefficient (Wildman–Crippen LogP) is 3.43. The van der Waals surface area contributed by atoms with E-state index >= 15 is 0 Å². The smallest absolute Gasteiger partial charge is 0.243 e. The highest BCUT2D eigenvalue weighted by Gasteiger charge is 2.30. The van der Waals surface area contributed by atoms with Crippen LogP contribution in [0.4, 0.5) is 0 Å². The van der Waals surface area contributed by atoms with Crippen LogP contribution in [0.2, 0.25) is 0 Å². The van der Waals surface area contributed by atoms with Gasteiger partial charge in [0, 0.05) is 24.2 Å². The molecule has 0 aliphatic carbocycles. The summed E-state index contributed by atoms with van der Waals surface area (Å²) in [5.41, 5.74) is 2.03. The van der Waals surface area contributed by atoms with Crippen LogP contribution in [0.5, 0.6) is 0 Å². The lowest BCUT2D eigenvalue weighted by Crippen LogP contribution is -2.33. The lowest BCUT2D eigenvalue weighted by atomic mass is 10.1. The standard InChI is InChI=1S/C19H18N2O2S/c22-18-7-10-20(17-5-2-1-4-15(17)18)12-19(23)21-9-3-6-16(21)14-8-11-24-13-14/h1-2,4-5,7-8,10-11,13,16H,3,6,9,12H2. The fourth-order valence-electron chi connectivity index (χ4n) is 3.51. The summed E-state index contributed by atoms with van der Waals surface area (Å²) in [6.07, 6.45) is 3.78. The van der Waals surface area contributed by atoms with Gasteiger partial charge in [-0.2, -0.15) is 11.3 Å². The number of pyridine rings is 1. The van der Waals surface area contributed by atoms with Crippen molar-refractivity contribution in [3.8, 4) is 0 Å². The van der Waals surface area contributed by atoms with Gasteiger partial charge in [-0.15, -0.1) is 0 Å². The number of carbonyl (C=O) groups is 1. The number of hydrogen-bond acceptors (Lipinski definition) is 3. The van der Waals surface area contributed by atoms with Crippen LogP contribution in [0.15, 0.2) is 58.1 Å². The van der Waals surface area contributed by atoms with E-state index in [1.165, 1.54) is 11.6 Å². The summed E-state index contributed by atoms with van der Waals surface area (Å²) in [6, 6.07) is 11.3. The summed E-state index contributed by atoms with van der Waals surface area (Å²) in [4.78, 5) is 26.8. The average Bonchev–Trinajstić information content (AvgIpc) is 3.28. The first kappa shape index (κ1) is 15.1. The van der Waals surface area contributed by atoms with Crippen LogP contribution in [0.25, 0.3) is 10.9 Å². The van der Waals surface area contributed by atoms with E-state index in [0.717, 1.165) is 24.9 Å². The number of carbonyl (C=O) groups excluding carboxylic acids is 1. The number of nitrogens with zero attached hydrogens (tertiary/aromatic N) is 2. The number of aromatic nitrogens is 1. The van der Waals surface area contributed by atoms with Gasteiger partial charge in [-0.3, -0.25) is 9.59 Å². The number of thiophene rings is 1. The van der Waals surface area contributed by atoms with Gasteiger partial charge in [-0.1, -0.05) is 12.1 Å².